The highest BCUT2D eigenvalue weighted by molar-refractivity contribution is 6.73. The topological polar surface area (TPSA) is 18.5 Å². The highest BCUT2D eigenvalue weighted by Crippen LogP contribution is 2.32. The van der Waals surface area contributed by atoms with Crippen LogP contribution in [-0.2, 0) is 9.16 Å². The molecular formula is C17H31FO2Si. The molecule has 0 saturated heterocycles. The second-order valence-electron chi connectivity index (χ2n) is 5.85. The molecule has 0 bridgehead atoms. The Hall–Kier alpha value is -0.613. The van der Waals surface area contributed by atoms with E-state index in [1.165, 1.54) is 0 Å². The molecule has 2 nitrogen and oxygen atoms in total. The van der Waals surface area contributed by atoms with Crippen molar-refractivity contribution < 1.29 is 13.6 Å². The minimum absolute atomic E-state index is 0.0471. The SMILES string of the molecule is C=CCOC1CCC/C(O[Si](CC)(CC)CC)=C(/F)CC1. The van der Waals surface area contributed by atoms with Crippen LogP contribution in [0.25, 0.3) is 0 Å². The van der Waals surface area contributed by atoms with Crippen LogP contribution in [0, 0.1) is 0 Å². The third-order valence-corrected chi connectivity index (χ3v) is 9.19. The van der Waals surface area contributed by atoms with Gasteiger partial charge in [0.05, 0.1) is 12.7 Å². The summed E-state index contributed by atoms with van der Waals surface area (Å²) in [6.07, 6.45) is 5.72. The largest absolute Gasteiger partial charge is 0.545 e. The van der Waals surface area contributed by atoms with Crippen molar-refractivity contribution in [2.45, 2.75) is 77.1 Å². The van der Waals surface area contributed by atoms with Crippen LogP contribution < -0.4 is 0 Å². The maximum Gasteiger partial charge on any atom is 0.250 e. The Morgan fingerprint density at radius 2 is 1.86 bits per heavy atom. The first kappa shape index (κ1) is 18.4. The van der Waals surface area contributed by atoms with Gasteiger partial charge in [-0.25, -0.2) is 4.39 Å². The van der Waals surface area contributed by atoms with Crippen molar-refractivity contribution in [3.63, 3.8) is 0 Å². The van der Waals surface area contributed by atoms with Gasteiger partial charge in [0.25, 0.3) is 0 Å². The Bertz CT molecular complexity index is 342. The quantitative estimate of drug-likeness (QED) is 0.421. The third kappa shape index (κ3) is 5.59. The van der Waals surface area contributed by atoms with E-state index in [4.69, 9.17) is 9.16 Å². The van der Waals surface area contributed by atoms with E-state index in [-0.39, 0.29) is 11.9 Å². The standard InChI is InChI=1S/C17H31FO2Si/c1-5-14-19-15-10-9-11-17(16(18)13-12-15)20-21(6-2,7-3)8-4/h5,15H,1,6-14H2,2-4H3/b17-16-. The van der Waals surface area contributed by atoms with Crippen LogP contribution in [0.5, 0.6) is 0 Å². The van der Waals surface area contributed by atoms with Crippen molar-refractivity contribution in [3.05, 3.63) is 24.2 Å². The average molecular weight is 315 g/mol. The summed E-state index contributed by atoms with van der Waals surface area (Å²) in [5, 5.41) is 0. The van der Waals surface area contributed by atoms with E-state index >= 15 is 0 Å². The van der Waals surface area contributed by atoms with Crippen LogP contribution in [0.15, 0.2) is 24.2 Å². The predicted molar refractivity (Wildman–Crippen MR) is 89.4 cm³/mol. The minimum Gasteiger partial charge on any atom is -0.545 e. The zero-order chi connectivity index (χ0) is 15.7. The summed E-state index contributed by atoms with van der Waals surface area (Å²) < 4.78 is 26.4. The van der Waals surface area contributed by atoms with Gasteiger partial charge in [0.1, 0.15) is 11.6 Å². The first-order chi connectivity index (χ1) is 10.1. The second kappa shape index (κ2) is 9.41. The summed E-state index contributed by atoms with van der Waals surface area (Å²) in [5.41, 5.74) is 0. The van der Waals surface area contributed by atoms with E-state index in [9.17, 15) is 4.39 Å². The van der Waals surface area contributed by atoms with Gasteiger partial charge in [0.15, 0.2) is 0 Å². The van der Waals surface area contributed by atoms with Crippen LogP contribution >= 0.6 is 0 Å². The molecule has 0 heterocycles. The number of hydrogen-bond donors (Lipinski definition) is 0. The normalized spacial score (nSPS) is 24.3. The number of halogens is 1. The van der Waals surface area contributed by atoms with Gasteiger partial charge >= 0.3 is 0 Å². The fourth-order valence-electron chi connectivity index (χ4n) is 2.90. The van der Waals surface area contributed by atoms with Crippen molar-refractivity contribution >= 4 is 8.32 Å². The maximum absolute atomic E-state index is 14.4. The lowest BCUT2D eigenvalue weighted by atomic mass is 10.0. The van der Waals surface area contributed by atoms with E-state index in [0.717, 1.165) is 37.4 Å². The molecule has 0 aliphatic heterocycles. The molecule has 0 aromatic carbocycles. The zero-order valence-corrected chi connectivity index (χ0v) is 14.9. The summed E-state index contributed by atoms with van der Waals surface area (Å²) >= 11 is 0. The highest BCUT2D eigenvalue weighted by Gasteiger charge is 2.32. The molecule has 0 amide bonds. The van der Waals surface area contributed by atoms with Crippen molar-refractivity contribution in [3.8, 4) is 0 Å². The number of allylic oxidation sites excluding steroid dienone is 2. The average Bonchev–Trinajstić information content (AvgIpc) is 2.51. The molecule has 122 valence electrons. The van der Waals surface area contributed by atoms with Crippen LogP contribution in [0.3, 0.4) is 0 Å². The van der Waals surface area contributed by atoms with Crippen LogP contribution in [0.4, 0.5) is 4.39 Å². The van der Waals surface area contributed by atoms with Crippen LogP contribution in [0.2, 0.25) is 18.1 Å². The van der Waals surface area contributed by atoms with E-state index < -0.39 is 8.32 Å². The second-order valence-corrected chi connectivity index (χ2v) is 10.5. The molecule has 0 saturated carbocycles. The van der Waals surface area contributed by atoms with Crippen molar-refractivity contribution in [1.82, 2.24) is 0 Å². The van der Waals surface area contributed by atoms with E-state index in [2.05, 4.69) is 27.4 Å². The summed E-state index contributed by atoms with van der Waals surface area (Å²) in [6.45, 7) is 10.8. The monoisotopic (exact) mass is 314 g/mol. The molecule has 4 heteroatoms. The number of ether oxygens (including phenoxy) is 1. The van der Waals surface area contributed by atoms with Gasteiger partial charge in [-0.3, -0.25) is 0 Å². The fourth-order valence-corrected chi connectivity index (χ4v) is 5.57. The van der Waals surface area contributed by atoms with Gasteiger partial charge in [-0.2, -0.15) is 0 Å². The summed E-state index contributed by atoms with van der Waals surface area (Å²) in [7, 11) is -1.77. The van der Waals surface area contributed by atoms with Gasteiger partial charge < -0.3 is 9.16 Å². The number of rotatable bonds is 8. The lowest BCUT2D eigenvalue weighted by Gasteiger charge is -2.32. The van der Waals surface area contributed by atoms with Gasteiger partial charge in [0.2, 0.25) is 8.32 Å². The maximum atomic E-state index is 14.4. The van der Waals surface area contributed by atoms with E-state index in [0.29, 0.717) is 25.2 Å². The molecule has 1 aliphatic rings. The van der Waals surface area contributed by atoms with E-state index in [1.54, 1.807) is 6.08 Å². The van der Waals surface area contributed by atoms with Crippen LogP contribution in [-0.4, -0.2) is 21.0 Å². The first-order valence-electron chi connectivity index (χ1n) is 8.39. The molecule has 0 aromatic heterocycles. The lowest BCUT2D eigenvalue weighted by Crippen LogP contribution is -2.35. The Morgan fingerprint density at radius 1 is 1.19 bits per heavy atom. The molecule has 1 unspecified atom stereocenters. The van der Waals surface area contributed by atoms with E-state index in [1.807, 2.05) is 0 Å². The summed E-state index contributed by atoms with van der Waals surface area (Å²) in [4.78, 5) is 0. The molecule has 1 aliphatic carbocycles. The molecule has 0 radical (unpaired) electrons. The third-order valence-electron chi connectivity index (χ3n) is 4.64. The summed E-state index contributed by atoms with van der Waals surface area (Å²) in [5.74, 6) is 0.600. The van der Waals surface area contributed by atoms with Crippen molar-refractivity contribution in [1.29, 1.82) is 0 Å². The van der Waals surface area contributed by atoms with Crippen molar-refractivity contribution in [2.75, 3.05) is 6.61 Å². The van der Waals surface area contributed by atoms with Gasteiger partial charge in [0, 0.05) is 12.8 Å². The molecule has 1 atom stereocenters. The smallest absolute Gasteiger partial charge is 0.250 e. The predicted octanol–water partition coefficient (Wildman–Crippen LogP) is 5.72. The highest BCUT2D eigenvalue weighted by atomic mass is 28.4. The molecule has 1 rings (SSSR count). The molecule has 0 N–H and O–H groups in total. The molecule has 0 fully saturated rings. The molecule has 21 heavy (non-hydrogen) atoms. The fraction of sp³-hybridized carbons (Fsp3) is 0.765. The summed E-state index contributed by atoms with van der Waals surface area (Å²) in [6, 6.07) is 3.17. The zero-order valence-electron chi connectivity index (χ0n) is 13.9. The molecule has 0 aromatic rings. The Kier molecular flexibility index (Phi) is 8.26. The molecular weight excluding hydrogens is 283 g/mol. The van der Waals surface area contributed by atoms with Crippen molar-refractivity contribution in [2.24, 2.45) is 0 Å². The number of hydrogen-bond acceptors (Lipinski definition) is 2. The minimum atomic E-state index is -1.77. The first-order valence-corrected chi connectivity index (χ1v) is 10.9. The Balaban J connectivity index is 2.70. The van der Waals surface area contributed by atoms with Gasteiger partial charge in [-0.1, -0.05) is 26.8 Å². The Morgan fingerprint density at radius 3 is 2.43 bits per heavy atom. The van der Waals surface area contributed by atoms with Gasteiger partial charge in [-0.15, -0.1) is 6.58 Å². The molecule has 0 spiro atoms. The Labute approximate surface area is 130 Å². The van der Waals surface area contributed by atoms with Gasteiger partial charge in [-0.05, 0) is 37.4 Å². The lowest BCUT2D eigenvalue weighted by molar-refractivity contribution is 0.0564. The van der Waals surface area contributed by atoms with Crippen LogP contribution in [0.1, 0.15) is 52.9 Å².